The highest BCUT2D eigenvalue weighted by Crippen LogP contribution is 2.40. The second kappa shape index (κ2) is 7.53. The van der Waals surface area contributed by atoms with E-state index < -0.39 is 29.5 Å². The SMILES string of the molecule is COc1c(-c2ccc3c(c2)CN(C)C3)c(F)cc2c(=O)c(C(=O)O)cn(CCF)c12. The molecule has 6 nitrogen and oxygen atoms in total. The van der Waals surface area contributed by atoms with Gasteiger partial charge in [-0.1, -0.05) is 12.1 Å². The molecule has 0 amide bonds. The van der Waals surface area contributed by atoms with Gasteiger partial charge in [0.05, 0.1) is 30.1 Å². The molecule has 0 bridgehead atoms. The Kier molecular flexibility index (Phi) is 5.03. The van der Waals surface area contributed by atoms with Crippen molar-refractivity contribution in [1.29, 1.82) is 0 Å². The lowest BCUT2D eigenvalue weighted by Crippen LogP contribution is -2.20. The van der Waals surface area contributed by atoms with Crippen LogP contribution in [0, 0.1) is 5.82 Å². The molecule has 0 aliphatic carbocycles. The highest BCUT2D eigenvalue weighted by atomic mass is 19.1. The van der Waals surface area contributed by atoms with Crippen LogP contribution in [-0.2, 0) is 19.6 Å². The third-order valence-electron chi connectivity index (χ3n) is 5.40. The minimum absolute atomic E-state index is 0.0683. The van der Waals surface area contributed by atoms with Gasteiger partial charge >= 0.3 is 5.97 Å². The number of hydrogen-bond acceptors (Lipinski definition) is 4. The molecule has 1 aromatic heterocycles. The maximum Gasteiger partial charge on any atom is 0.341 e. The molecule has 0 fully saturated rings. The third-order valence-corrected chi connectivity index (χ3v) is 5.40. The van der Waals surface area contributed by atoms with Crippen molar-refractivity contribution in [1.82, 2.24) is 9.47 Å². The Bertz CT molecular complexity index is 1240. The second-order valence-corrected chi connectivity index (χ2v) is 7.38. The third kappa shape index (κ3) is 3.13. The van der Waals surface area contributed by atoms with E-state index in [0.29, 0.717) is 5.56 Å². The molecule has 0 spiro atoms. The Morgan fingerprint density at radius 3 is 2.63 bits per heavy atom. The molecule has 0 radical (unpaired) electrons. The van der Waals surface area contributed by atoms with Crippen molar-refractivity contribution in [2.45, 2.75) is 19.6 Å². The summed E-state index contributed by atoms with van der Waals surface area (Å²) in [5, 5.41) is 9.16. The maximum absolute atomic E-state index is 15.3. The van der Waals surface area contributed by atoms with E-state index in [0.717, 1.165) is 36.5 Å². The Balaban J connectivity index is 2.05. The number of carboxylic acid groups (broad SMARTS) is 1. The van der Waals surface area contributed by atoms with Crippen molar-refractivity contribution in [3.05, 3.63) is 63.2 Å². The monoisotopic (exact) mass is 414 g/mol. The molecule has 1 aliphatic rings. The van der Waals surface area contributed by atoms with Crippen molar-refractivity contribution >= 4 is 16.9 Å². The van der Waals surface area contributed by atoms with Gasteiger partial charge in [0, 0.05) is 19.3 Å². The van der Waals surface area contributed by atoms with Gasteiger partial charge in [-0.05, 0) is 35.9 Å². The van der Waals surface area contributed by atoms with Gasteiger partial charge in [-0.2, -0.15) is 0 Å². The first kappa shape index (κ1) is 20.0. The zero-order valence-electron chi connectivity index (χ0n) is 16.5. The number of aromatic carboxylic acids is 1. The molecule has 3 aromatic rings. The van der Waals surface area contributed by atoms with Crippen molar-refractivity contribution in [2.75, 3.05) is 20.8 Å². The van der Waals surface area contributed by atoms with E-state index in [2.05, 4.69) is 4.90 Å². The molecule has 2 aromatic carbocycles. The minimum atomic E-state index is -1.46. The zero-order chi connectivity index (χ0) is 21.6. The number of methoxy groups -OCH3 is 1. The van der Waals surface area contributed by atoms with Gasteiger partial charge in [0.2, 0.25) is 5.43 Å². The van der Waals surface area contributed by atoms with Gasteiger partial charge in [0.1, 0.15) is 18.1 Å². The number of ether oxygens (including phenoxy) is 1. The molecule has 156 valence electrons. The summed E-state index contributed by atoms with van der Waals surface area (Å²) in [6.45, 7) is 0.543. The molecule has 1 N–H and O–H groups in total. The van der Waals surface area contributed by atoms with Gasteiger partial charge in [0.15, 0.2) is 5.75 Å². The molecule has 4 rings (SSSR count). The number of rotatable bonds is 5. The number of aromatic nitrogens is 1. The first-order valence-electron chi connectivity index (χ1n) is 9.39. The number of hydrogen-bond donors (Lipinski definition) is 1. The molecule has 0 saturated carbocycles. The standard InChI is InChI=1S/C22H20F2N2O4/c1-25-9-13-4-3-12(7-14(13)10-25)18-17(24)8-15-19(21(18)30-2)26(6-5-23)11-16(20(15)27)22(28)29/h3-4,7-8,11H,5-6,9-10H2,1-2H3,(H,28,29). The van der Waals surface area contributed by atoms with Crippen LogP contribution in [-0.4, -0.2) is 41.4 Å². The average molecular weight is 414 g/mol. The van der Waals surface area contributed by atoms with E-state index in [1.54, 1.807) is 6.07 Å². The van der Waals surface area contributed by atoms with Crippen LogP contribution in [0.4, 0.5) is 8.78 Å². The largest absolute Gasteiger partial charge is 0.494 e. The zero-order valence-corrected chi connectivity index (χ0v) is 16.5. The fourth-order valence-electron chi connectivity index (χ4n) is 4.11. The Labute approximate surface area is 170 Å². The fourth-order valence-corrected chi connectivity index (χ4v) is 4.11. The summed E-state index contributed by atoms with van der Waals surface area (Å²) in [4.78, 5) is 26.3. The van der Waals surface area contributed by atoms with Gasteiger partial charge in [-0.15, -0.1) is 0 Å². The molecule has 8 heteroatoms. The summed E-state index contributed by atoms with van der Waals surface area (Å²) >= 11 is 0. The van der Waals surface area contributed by atoms with Crippen molar-refractivity contribution in [2.24, 2.45) is 0 Å². The van der Waals surface area contributed by atoms with E-state index in [1.165, 1.54) is 11.7 Å². The number of halogens is 2. The first-order chi connectivity index (χ1) is 14.3. The van der Waals surface area contributed by atoms with Gasteiger partial charge in [-0.25, -0.2) is 13.6 Å². The van der Waals surface area contributed by atoms with Crippen LogP contribution in [0.15, 0.2) is 35.3 Å². The van der Waals surface area contributed by atoms with Crippen LogP contribution in [0.1, 0.15) is 21.5 Å². The smallest absolute Gasteiger partial charge is 0.341 e. The normalized spacial score (nSPS) is 13.6. The highest BCUT2D eigenvalue weighted by Gasteiger charge is 2.24. The van der Waals surface area contributed by atoms with Crippen molar-refractivity contribution in [3.63, 3.8) is 0 Å². The summed E-state index contributed by atoms with van der Waals surface area (Å²) in [7, 11) is 3.33. The predicted molar refractivity (Wildman–Crippen MR) is 108 cm³/mol. The number of benzene rings is 2. The number of fused-ring (bicyclic) bond motifs is 2. The fraction of sp³-hybridized carbons (Fsp3) is 0.273. The molecule has 2 heterocycles. The topological polar surface area (TPSA) is 71.8 Å². The van der Waals surface area contributed by atoms with E-state index in [-0.39, 0.29) is 28.8 Å². The maximum atomic E-state index is 15.3. The van der Waals surface area contributed by atoms with Crippen LogP contribution in [0.3, 0.4) is 0 Å². The van der Waals surface area contributed by atoms with E-state index >= 15 is 4.39 Å². The average Bonchev–Trinajstić information content (AvgIpc) is 3.08. The van der Waals surface area contributed by atoms with Gasteiger partial charge < -0.3 is 14.4 Å². The van der Waals surface area contributed by atoms with Crippen LogP contribution >= 0.6 is 0 Å². The lowest BCUT2D eigenvalue weighted by atomic mass is 9.97. The number of carboxylic acids is 1. The summed E-state index contributed by atoms with van der Waals surface area (Å²) in [5.74, 6) is -2.10. The van der Waals surface area contributed by atoms with E-state index in [4.69, 9.17) is 4.74 Å². The molecular formula is C22H20F2N2O4. The van der Waals surface area contributed by atoms with E-state index in [9.17, 15) is 19.1 Å². The Morgan fingerprint density at radius 2 is 1.97 bits per heavy atom. The summed E-state index contributed by atoms with van der Waals surface area (Å²) in [5.41, 5.74) is 1.72. The minimum Gasteiger partial charge on any atom is -0.494 e. The van der Waals surface area contributed by atoms with E-state index in [1.807, 2.05) is 19.2 Å². The molecule has 1 aliphatic heterocycles. The summed E-state index contributed by atoms with van der Waals surface area (Å²) < 4.78 is 35.2. The Hall–Kier alpha value is -3.26. The van der Waals surface area contributed by atoms with Gasteiger partial charge in [-0.3, -0.25) is 9.69 Å². The number of carbonyl (C=O) groups is 1. The van der Waals surface area contributed by atoms with Crippen LogP contribution in [0.25, 0.3) is 22.0 Å². The van der Waals surface area contributed by atoms with Crippen LogP contribution < -0.4 is 10.2 Å². The van der Waals surface area contributed by atoms with Crippen molar-refractivity contribution in [3.8, 4) is 16.9 Å². The molecule has 30 heavy (non-hydrogen) atoms. The van der Waals surface area contributed by atoms with Crippen molar-refractivity contribution < 1.29 is 23.4 Å². The second-order valence-electron chi connectivity index (χ2n) is 7.38. The number of pyridine rings is 1. The number of alkyl halides is 1. The molecule has 0 atom stereocenters. The lowest BCUT2D eigenvalue weighted by molar-refractivity contribution is 0.0694. The number of nitrogens with zero attached hydrogens (tertiary/aromatic N) is 2. The molecular weight excluding hydrogens is 394 g/mol. The Morgan fingerprint density at radius 1 is 1.23 bits per heavy atom. The quantitative estimate of drug-likeness (QED) is 0.693. The molecule has 0 saturated heterocycles. The summed E-state index contributed by atoms with van der Waals surface area (Å²) in [6, 6.07) is 6.61. The van der Waals surface area contributed by atoms with Crippen LogP contribution in [0.2, 0.25) is 0 Å². The predicted octanol–water partition coefficient (Wildman–Crippen LogP) is 3.43. The highest BCUT2D eigenvalue weighted by molar-refractivity contribution is 5.97. The van der Waals surface area contributed by atoms with Crippen LogP contribution in [0.5, 0.6) is 5.75 Å². The molecule has 0 unspecified atom stereocenters. The number of aryl methyl sites for hydroxylation is 1. The summed E-state index contributed by atoms with van der Waals surface area (Å²) in [6.07, 6.45) is 1.08. The lowest BCUT2D eigenvalue weighted by Gasteiger charge is -2.18. The van der Waals surface area contributed by atoms with Gasteiger partial charge in [0.25, 0.3) is 0 Å². The first-order valence-corrected chi connectivity index (χ1v) is 9.39.